The Morgan fingerprint density at radius 2 is 2.05 bits per heavy atom. The van der Waals surface area contributed by atoms with Crippen LogP contribution in [0.3, 0.4) is 0 Å². The topological polar surface area (TPSA) is 39.1 Å². The quantitative estimate of drug-likeness (QED) is 0.917. The monoisotopic (exact) mass is 257 g/mol. The van der Waals surface area contributed by atoms with Gasteiger partial charge in [-0.3, -0.25) is 0 Å². The van der Waals surface area contributed by atoms with E-state index in [1.807, 2.05) is 17.9 Å². The number of aromatic nitrogens is 2. The van der Waals surface area contributed by atoms with Gasteiger partial charge in [-0.05, 0) is 37.0 Å². The Bertz CT molecular complexity index is 527. The first kappa shape index (κ1) is 12.2. The molecule has 1 fully saturated rings. The van der Waals surface area contributed by atoms with Crippen molar-refractivity contribution in [1.82, 2.24) is 9.78 Å². The van der Waals surface area contributed by atoms with Crippen molar-refractivity contribution in [1.29, 1.82) is 0 Å². The van der Waals surface area contributed by atoms with Crippen LogP contribution in [0.5, 0.6) is 0 Å². The van der Waals surface area contributed by atoms with Crippen molar-refractivity contribution in [2.45, 2.75) is 25.5 Å². The maximum atomic E-state index is 5.74. The zero-order chi connectivity index (χ0) is 13.1. The molecule has 19 heavy (non-hydrogen) atoms. The maximum Gasteiger partial charge on any atom is 0.150 e. The molecular weight excluding hydrogens is 238 g/mol. The van der Waals surface area contributed by atoms with Crippen molar-refractivity contribution in [2.24, 2.45) is 0 Å². The fourth-order valence-corrected chi connectivity index (χ4v) is 2.41. The molecule has 1 aliphatic rings. The summed E-state index contributed by atoms with van der Waals surface area (Å²) in [5, 5.41) is 7.56. The van der Waals surface area contributed by atoms with Crippen molar-refractivity contribution in [3.8, 4) is 11.1 Å². The molecule has 2 heterocycles. The smallest absolute Gasteiger partial charge is 0.150 e. The van der Waals surface area contributed by atoms with Crippen LogP contribution in [0.1, 0.15) is 25.5 Å². The molecule has 3 rings (SSSR count). The minimum absolute atomic E-state index is 0.110. The van der Waals surface area contributed by atoms with Crippen LogP contribution in [0.2, 0.25) is 0 Å². The van der Waals surface area contributed by atoms with E-state index in [1.165, 1.54) is 12.0 Å². The van der Waals surface area contributed by atoms with Gasteiger partial charge in [-0.1, -0.05) is 12.1 Å². The predicted molar refractivity (Wildman–Crippen MR) is 76.0 cm³/mol. The van der Waals surface area contributed by atoms with Crippen LogP contribution in [-0.2, 0) is 4.74 Å². The summed E-state index contributed by atoms with van der Waals surface area (Å²) >= 11 is 0. The van der Waals surface area contributed by atoms with Gasteiger partial charge in [0.1, 0.15) is 6.23 Å². The van der Waals surface area contributed by atoms with Crippen LogP contribution < -0.4 is 5.32 Å². The molecule has 1 aromatic heterocycles. The molecule has 1 atom stereocenters. The molecule has 1 unspecified atom stereocenters. The van der Waals surface area contributed by atoms with Gasteiger partial charge in [0.2, 0.25) is 0 Å². The second-order valence-electron chi connectivity index (χ2n) is 4.86. The van der Waals surface area contributed by atoms with Crippen LogP contribution in [-0.4, -0.2) is 23.4 Å². The van der Waals surface area contributed by atoms with Crippen LogP contribution in [0.15, 0.2) is 36.7 Å². The van der Waals surface area contributed by atoms with Crippen LogP contribution in [0.25, 0.3) is 11.1 Å². The fraction of sp³-hybridized carbons (Fsp3) is 0.400. The summed E-state index contributed by atoms with van der Waals surface area (Å²) in [4.78, 5) is 0. The molecule has 1 N–H and O–H groups in total. The Labute approximate surface area is 113 Å². The number of nitrogens with one attached hydrogen (secondary N) is 1. The Balaban J connectivity index is 1.79. The third kappa shape index (κ3) is 2.63. The van der Waals surface area contributed by atoms with E-state index in [9.17, 15) is 0 Å². The molecule has 0 saturated carbocycles. The van der Waals surface area contributed by atoms with E-state index in [4.69, 9.17) is 4.74 Å². The Morgan fingerprint density at radius 1 is 1.21 bits per heavy atom. The molecule has 100 valence electrons. The number of nitrogens with zero attached hydrogens (tertiary/aromatic N) is 2. The number of ether oxygens (including phenoxy) is 1. The van der Waals surface area contributed by atoms with Gasteiger partial charge in [0, 0.05) is 31.1 Å². The van der Waals surface area contributed by atoms with Gasteiger partial charge >= 0.3 is 0 Å². The molecule has 2 aromatic rings. The minimum atomic E-state index is 0.110. The summed E-state index contributed by atoms with van der Waals surface area (Å²) in [7, 11) is 1.92. The van der Waals surface area contributed by atoms with Gasteiger partial charge in [-0.15, -0.1) is 0 Å². The lowest BCUT2D eigenvalue weighted by Gasteiger charge is -2.22. The van der Waals surface area contributed by atoms with E-state index in [1.54, 1.807) is 0 Å². The van der Waals surface area contributed by atoms with Gasteiger partial charge in [-0.2, -0.15) is 5.10 Å². The minimum Gasteiger partial charge on any atom is -0.388 e. The molecule has 1 aromatic carbocycles. The first-order chi connectivity index (χ1) is 9.36. The van der Waals surface area contributed by atoms with Crippen LogP contribution in [0.4, 0.5) is 5.69 Å². The lowest BCUT2D eigenvalue weighted by molar-refractivity contribution is -0.0394. The number of hydrogen-bond acceptors (Lipinski definition) is 3. The molecule has 4 heteroatoms. The normalized spacial score (nSPS) is 19.3. The highest BCUT2D eigenvalue weighted by atomic mass is 16.5. The second-order valence-corrected chi connectivity index (χ2v) is 4.86. The Hall–Kier alpha value is -1.81. The standard InChI is InChI=1S/C15H19N3O/c1-16-14-7-5-12(6-8-14)13-10-17-18(11-13)15-4-2-3-9-19-15/h5-8,10-11,15-16H,2-4,9H2,1H3. The molecule has 4 nitrogen and oxygen atoms in total. The second kappa shape index (κ2) is 5.45. The van der Waals surface area contributed by atoms with E-state index in [0.717, 1.165) is 30.7 Å². The zero-order valence-electron chi connectivity index (χ0n) is 11.2. The summed E-state index contributed by atoms with van der Waals surface area (Å²) in [6.07, 6.45) is 7.53. The van der Waals surface area contributed by atoms with E-state index in [2.05, 4.69) is 40.9 Å². The van der Waals surface area contributed by atoms with Gasteiger partial charge in [0.25, 0.3) is 0 Å². The van der Waals surface area contributed by atoms with Crippen molar-refractivity contribution >= 4 is 5.69 Å². The van der Waals surface area contributed by atoms with E-state index < -0.39 is 0 Å². The van der Waals surface area contributed by atoms with Crippen LogP contribution >= 0.6 is 0 Å². The number of hydrogen-bond donors (Lipinski definition) is 1. The summed E-state index contributed by atoms with van der Waals surface area (Å²) in [6.45, 7) is 0.844. The largest absolute Gasteiger partial charge is 0.388 e. The SMILES string of the molecule is CNc1ccc(-c2cnn(C3CCCCO3)c2)cc1. The van der Waals surface area contributed by atoms with Crippen molar-refractivity contribution in [3.63, 3.8) is 0 Å². The highest BCUT2D eigenvalue weighted by Gasteiger charge is 2.16. The molecule has 0 bridgehead atoms. The fourth-order valence-electron chi connectivity index (χ4n) is 2.41. The summed E-state index contributed by atoms with van der Waals surface area (Å²) in [5.41, 5.74) is 3.43. The van der Waals surface area contributed by atoms with Gasteiger partial charge < -0.3 is 10.1 Å². The highest BCUT2D eigenvalue weighted by Crippen LogP contribution is 2.25. The van der Waals surface area contributed by atoms with E-state index in [0.29, 0.717) is 0 Å². The third-order valence-electron chi connectivity index (χ3n) is 3.56. The van der Waals surface area contributed by atoms with Gasteiger partial charge in [0.05, 0.1) is 6.20 Å². The summed E-state index contributed by atoms with van der Waals surface area (Å²) < 4.78 is 7.69. The van der Waals surface area contributed by atoms with E-state index >= 15 is 0 Å². The number of rotatable bonds is 3. The highest BCUT2D eigenvalue weighted by molar-refractivity contribution is 5.64. The molecule has 0 aliphatic carbocycles. The number of anilines is 1. The summed E-state index contributed by atoms with van der Waals surface area (Å²) in [6, 6.07) is 8.36. The Morgan fingerprint density at radius 3 is 2.74 bits per heavy atom. The molecule has 1 aliphatic heterocycles. The predicted octanol–water partition coefficient (Wildman–Crippen LogP) is 3.29. The lowest BCUT2D eigenvalue weighted by atomic mass is 10.1. The van der Waals surface area contributed by atoms with Crippen LogP contribution in [0, 0.1) is 0 Å². The van der Waals surface area contributed by atoms with Crippen molar-refractivity contribution < 1.29 is 4.74 Å². The van der Waals surface area contributed by atoms with Crippen molar-refractivity contribution in [3.05, 3.63) is 36.7 Å². The van der Waals surface area contributed by atoms with E-state index in [-0.39, 0.29) is 6.23 Å². The lowest BCUT2D eigenvalue weighted by Crippen LogP contribution is -2.18. The average molecular weight is 257 g/mol. The van der Waals surface area contributed by atoms with Gasteiger partial charge in [-0.25, -0.2) is 4.68 Å². The van der Waals surface area contributed by atoms with Gasteiger partial charge in [0.15, 0.2) is 0 Å². The maximum absolute atomic E-state index is 5.74. The first-order valence-electron chi connectivity index (χ1n) is 6.81. The number of benzene rings is 1. The van der Waals surface area contributed by atoms with Crippen molar-refractivity contribution in [2.75, 3.05) is 19.0 Å². The average Bonchev–Trinajstić information content (AvgIpc) is 2.98. The summed E-state index contributed by atoms with van der Waals surface area (Å²) in [5.74, 6) is 0. The molecular formula is C15H19N3O. The molecule has 0 radical (unpaired) electrons. The first-order valence-corrected chi connectivity index (χ1v) is 6.81. The Kier molecular flexibility index (Phi) is 3.51. The molecule has 0 spiro atoms. The molecule has 0 amide bonds. The third-order valence-corrected chi connectivity index (χ3v) is 3.56. The molecule has 1 saturated heterocycles. The zero-order valence-corrected chi connectivity index (χ0v) is 11.2.